The third kappa shape index (κ3) is 3.33. The molecule has 2 atom stereocenters. The average Bonchev–Trinajstić information content (AvgIpc) is 3.40. The summed E-state index contributed by atoms with van der Waals surface area (Å²) in [5.74, 6) is -1.50. The Morgan fingerprint density at radius 3 is 2.81 bits per heavy atom. The van der Waals surface area contributed by atoms with Crippen LogP contribution in [0.15, 0.2) is 62.9 Å². The number of aliphatic hydroxyl groups excluding tert-OH is 1. The van der Waals surface area contributed by atoms with E-state index in [9.17, 15) is 14.7 Å². The number of amides is 1. The van der Waals surface area contributed by atoms with Crippen LogP contribution in [0.4, 0.5) is 0 Å². The first kappa shape index (κ1) is 18.0. The van der Waals surface area contributed by atoms with Gasteiger partial charge in [-0.25, -0.2) is 0 Å². The van der Waals surface area contributed by atoms with Gasteiger partial charge in [-0.3, -0.25) is 9.59 Å². The van der Waals surface area contributed by atoms with Gasteiger partial charge in [0.25, 0.3) is 5.91 Å². The molecule has 4 rings (SSSR count). The zero-order chi connectivity index (χ0) is 19.0. The predicted molar refractivity (Wildman–Crippen MR) is 100 cm³/mol. The van der Waals surface area contributed by atoms with E-state index < -0.39 is 23.5 Å². The van der Waals surface area contributed by atoms with Crippen LogP contribution in [0.5, 0.6) is 0 Å². The van der Waals surface area contributed by atoms with Crippen LogP contribution in [0.2, 0.25) is 0 Å². The van der Waals surface area contributed by atoms with Gasteiger partial charge in [0.15, 0.2) is 11.5 Å². The Bertz CT molecular complexity index is 899. The summed E-state index contributed by atoms with van der Waals surface area (Å²) in [6, 6.07) is 9.79. The van der Waals surface area contributed by atoms with Gasteiger partial charge >= 0.3 is 0 Å². The number of Topliss-reactive ketones (excluding diaryl/α,β-unsaturated/α-hetero) is 1. The number of hydrogen-bond acceptors (Lipinski definition) is 5. The second kappa shape index (κ2) is 7.32. The van der Waals surface area contributed by atoms with E-state index in [4.69, 9.17) is 9.15 Å². The maximum Gasteiger partial charge on any atom is 0.290 e. The van der Waals surface area contributed by atoms with E-state index in [2.05, 4.69) is 15.9 Å². The molecule has 6 nitrogen and oxygen atoms in total. The van der Waals surface area contributed by atoms with Crippen LogP contribution >= 0.6 is 15.9 Å². The summed E-state index contributed by atoms with van der Waals surface area (Å²) in [6.07, 6.45) is 3.07. The van der Waals surface area contributed by atoms with E-state index in [1.807, 2.05) is 24.3 Å². The van der Waals surface area contributed by atoms with Crippen molar-refractivity contribution in [2.45, 2.75) is 25.0 Å². The number of rotatable bonds is 5. The lowest BCUT2D eigenvalue weighted by Gasteiger charge is -2.28. The molecular weight excluding hydrogens is 414 g/mol. The van der Waals surface area contributed by atoms with E-state index in [0.717, 1.165) is 22.9 Å². The smallest absolute Gasteiger partial charge is 0.290 e. The Morgan fingerprint density at radius 1 is 1.30 bits per heavy atom. The summed E-state index contributed by atoms with van der Waals surface area (Å²) in [4.78, 5) is 27.3. The van der Waals surface area contributed by atoms with Crippen molar-refractivity contribution in [3.63, 3.8) is 0 Å². The first-order chi connectivity index (χ1) is 13.1. The molecule has 1 amide bonds. The van der Waals surface area contributed by atoms with E-state index in [-0.39, 0.29) is 17.4 Å². The fraction of sp³-hybridized carbons (Fsp3) is 0.300. The van der Waals surface area contributed by atoms with Gasteiger partial charge in [-0.2, -0.15) is 0 Å². The minimum absolute atomic E-state index is 0.0334. The van der Waals surface area contributed by atoms with Gasteiger partial charge < -0.3 is 19.2 Å². The minimum Gasteiger partial charge on any atom is -0.503 e. The first-order valence-electron chi connectivity index (χ1n) is 8.75. The summed E-state index contributed by atoms with van der Waals surface area (Å²) in [7, 11) is 0. The van der Waals surface area contributed by atoms with Crippen molar-refractivity contribution in [3.05, 3.63) is 69.8 Å². The standard InChI is InChI=1S/C20H18BrNO5/c21-13-5-1-4-12(10-13)17-16(18(23)15-7-3-9-27-15)19(24)20(25)22(17)11-14-6-2-8-26-14/h1,3-5,7,9-10,14,17,24H,2,6,8,11H2/t14-,17+/m1/s1. The van der Waals surface area contributed by atoms with Gasteiger partial charge in [0.2, 0.25) is 5.78 Å². The van der Waals surface area contributed by atoms with Crippen molar-refractivity contribution < 1.29 is 23.8 Å². The lowest BCUT2D eigenvalue weighted by molar-refractivity contribution is -0.131. The number of hydrogen-bond donors (Lipinski definition) is 1. The molecule has 0 bridgehead atoms. The van der Waals surface area contributed by atoms with Gasteiger partial charge in [-0.15, -0.1) is 0 Å². The molecule has 3 heterocycles. The highest BCUT2D eigenvalue weighted by Crippen LogP contribution is 2.40. The van der Waals surface area contributed by atoms with Crippen LogP contribution in [0.3, 0.4) is 0 Å². The molecule has 27 heavy (non-hydrogen) atoms. The third-order valence-electron chi connectivity index (χ3n) is 4.88. The Balaban J connectivity index is 1.76. The number of carbonyl (C=O) groups excluding carboxylic acids is 2. The number of ether oxygens (including phenoxy) is 1. The second-order valence-corrected chi connectivity index (χ2v) is 7.53. The summed E-state index contributed by atoms with van der Waals surface area (Å²) < 4.78 is 11.7. The zero-order valence-corrected chi connectivity index (χ0v) is 16.0. The van der Waals surface area contributed by atoms with Gasteiger partial charge in [0, 0.05) is 17.6 Å². The number of halogens is 1. The number of nitrogens with zero attached hydrogens (tertiary/aromatic N) is 1. The van der Waals surface area contributed by atoms with E-state index in [1.165, 1.54) is 17.2 Å². The lowest BCUT2D eigenvalue weighted by Crippen LogP contribution is -2.37. The maximum absolute atomic E-state index is 13.0. The molecule has 0 spiro atoms. The maximum atomic E-state index is 13.0. The number of aliphatic hydroxyl groups is 1. The number of carbonyl (C=O) groups is 2. The third-order valence-corrected chi connectivity index (χ3v) is 5.38. The van der Waals surface area contributed by atoms with E-state index >= 15 is 0 Å². The minimum atomic E-state index is -0.697. The molecule has 0 unspecified atom stereocenters. The topological polar surface area (TPSA) is 80.0 Å². The number of furan rings is 1. The number of ketones is 1. The van der Waals surface area contributed by atoms with Crippen LogP contribution < -0.4 is 0 Å². The molecule has 0 aliphatic carbocycles. The Hall–Kier alpha value is -2.38. The zero-order valence-electron chi connectivity index (χ0n) is 14.4. The molecular formula is C20H18BrNO5. The van der Waals surface area contributed by atoms with Gasteiger partial charge in [0.1, 0.15) is 0 Å². The molecule has 0 radical (unpaired) electrons. The van der Waals surface area contributed by atoms with E-state index in [1.54, 1.807) is 6.07 Å². The molecule has 0 saturated carbocycles. The summed E-state index contributed by atoms with van der Waals surface area (Å²) in [5, 5.41) is 10.5. The highest BCUT2D eigenvalue weighted by molar-refractivity contribution is 9.10. The lowest BCUT2D eigenvalue weighted by atomic mass is 9.95. The molecule has 1 fully saturated rings. The van der Waals surface area contributed by atoms with Crippen LogP contribution in [0.25, 0.3) is 0 Å². The molecule has 140 valence electrons. The van der Waals surface area contributed by atoms with Crippen molar-refractivity contribution in [1.82, 2.24) is 4.90 Å². The highest BCUT2D eigenvalue weighted by atomic mass is 79.9. The Labute approximate surface area is 164 Å². The molecule has 1 saturated heterocycles. The first-order valence-corrected chi connectivity index (χ1v) is 9.55. The monoisotopic (exact) mass is 431 g/mol. The molecule has 2 aromatic rings. The SMILES string of the molecule is O=C(C1=C(O)C(=O)N(C[C@H]2CCCO2)[C@H]1c1cccc(Br)c1)c1ccco1. The second-order valence-electron chi connectivity index (χ2n) is 6.62. The van der Waals surface area contributed by atoms with Gasteiger partial charge in [0.05, 0.1) is 24.0 Å². The summed E-state index contributed by atoms with van der Waals surface area (Å²) in [6.45, 7) is 0.973. The van der Waals surface area contributed by atoms with Crippen LogP contribution in [0.1, 0.15) is 35.0 Å². The van der Waals surface area contributed by atoms with Gasteiger partial charge in [-0.05, 0) is 42.7 Å². The van der Waals surface area contributed by atoms with Crippen molar-refractivity contribution in [1.29, 1.82) is 0 Å². The largest absolute Gasteiger partial charge is 0.503 e. The van der Waals surface area contributed by atoms with Crippen LogP contribution in [-0.2, 0) is 9.53 Å². The molecule has 1 aromatic carbocycles. The van der Waals surface area contributed by atoms with Crippen molar-refractivity contribution in [3.8, 4) is 0 Å². The fourth-order valence-electron chi connectivity index (χ4n) is 3.65. The Morgan fingerprint density at radius 2 is 2.15 bits per heavy atom. The molecule has 1 N–H and O–H groups in total. The molecule has 1 aromatic heterocycles. The molecule has 7 heteroatoms. The highest BCUT2D eigenvalue weighted by Gasteiger charge is 2.45. The fourth-order valence-corrected chi connectivity index (χ4v) is 4.06. The van der Waals surface area contributed by atoms with Gasteiger partial charge in [-0.1, -0.05) is 28.1 Å². The summed E-state index contributed by atoms with van der Waals surface area (Å²) >= 11 is 3.43. The van der Waals surface area contributed by atoms with Crippen LogP contribution in [-0.4, -0.2) is 41.0 Å². The quantitative estimate of drug-likeness (QED) is 0.728. The van der Waals surface area contributed by atoms with Crippen LogP contribution in [0, 0.1) is 0 Å². The molecule has 2 aliphatic rings. The molecule has 2 aliphatic heterocycles. The van der Waals surface area contributed by atoms with E-state index in [0.29, 0.717) is 13.2 Å². The van der Waals surface area contributed by atoms with Crippen molar-refractivity contribution >= 4 is 27.6 Å². The van der Waals surface area contributed by atoms with Crippen molar-refractivity contribution in [2.75, 3.05) is 13.2 Å². The van der Waals surface area contributed by atoms with Crippen molar-refractivity contribution in [2.24, 2.45) is 0 Å². The predicted octanol–water partition coefficient (Wildman–Crippen LogP) is 3.80. The summed E-state index contributed by atoms with van der Waals surface area (Å²) in [5.41, 5.74) is 0.765. The Kier molecular flexibility index (Phi) is 4.88. The number of benzene rings is 1. The average molecular weight is 432 g/mol. The normalized spacial score (nSPS) is 22.7.